The van der Waals surface area contributed by atoms with Crippen molar-refractivity contribution in [1.29, 1.82) is 0 Å². The number of hydrogen-bond acceptors (Lipinski definition) is 3. The zero-order chi connectivity index (χ0) is 10.1. The summed E-state index contributed by atoms with van der Waals surface area (Å²) in [5.41, 5.74) is 7.60. The summed E-state index contributed by atoms with van der Waals surface area (Å²) in [5.74, 6) is 0. The van der Waals surface area contributed by atoms with Gasteiger partial charge in [0.05, 0.1) is 12.1 Å². The third-order valence-electron chi connectivity index (χ3n) is 2.32. The molecule has 0 bridgehead atoms. The van der Waals surface area contributed by atoms with Crippen molar-refractivity contribution in [2.45, 2.75) is 19.1 Å². The highest BCUT2D eigenvalue weighted by atomic mass is 16.3. The van der Waals surface area contributed by atoms with Crippen molar-refractivity contribution in [1.82, 2.24) is 9.38 Å². The van der Waals surface area contributed by atoms with E-state index in [0.29, 0.717) is 0 Å². The molecule has 0 aliphatic rings. The van der Waals surface area contributed by atoms with Crippen molar-refractivity contribution < 1.29 is 5.11 Å². The van der Waals surface area contributed by atoms with Crippen LogP contribution in [0.15, 0.2) is 30.7 Å². The molecule has 0 aliphatic carbocycles. The number of aliphatic hydroxyl groups is 1. The van der Waals surface area contributed by atoms with Gasteiger partial charge in [-0.05, 0) is 18.6 Å². The van der Waals surface area contributed by atoms with Gasteiger partial charge in [0.15, 0.2) is 0 Å². The van der Waals surface area contributed by atoms with Gasteiger partial charge in [-0.1, -0.05) is 6.07 Å². The Labute approximate surface area is 82.0 Å². The topological polar surface area (TPSA) is 63.5 Å². The van der Waals surface area contributed by atoms with Crippen molar-refractivity contribution >= 4 is 5.65 Å². The van der Waals surface area contributed by atoms with Gasteiger partial charge in [-0.3, -0.25) is 0 Å². The van der Waals surface area contributed by atoms with Gasteiger partial charge >= 0.3 is 0 Å². The van der Waals surface area contributed by atoms with E-state index in [0.717, 1.165) is 11.2 Å². The summed E-state index contributed by atoms with van der Waals surface area (Å²) in [5, 5.41) is 9.35. The Kier molecular flexibility index (Phi) is 2.23. The lowest BCUT2D eigenvalue weighted by atomic mass is 10.1. The van der Waals surface area contributed by atoms with Crippen molar-refractivity contribution in [2.24, 2.45) is 5.73 Å². The van der Waals surface area contributed by atoms with Crippen LogP contribution in [0.25, 0.3) is 5.65 Å². The normalized spacial score (nSPS) is 15.6. The first-order valence-electron chi connectivity index (χ1n) is 4.55. The molecule has 2 atom stereocenters. The second-order valence-corrected chi connectivity index (χ2v) is 3.42. The summed E-state index contributed by atoms with van der Waals surface area (Å²) < 4.78 is 1.89. The van der Waals surface area contributed by atoms with E-state index in [4.69, 9.17) is 5.73 Å². The van der Waals surface area contributed by atoms with Gasteiger partial charge in [-0.15, -0.1) is 0 Å². The van der Waals surface area contributed by atoms with E-state index >= 15 is 0 Å². The Hall–Kier alpha value is -1.39. The van der Waals surface area contributed by atoms with E-state index in [-0.39, 0.29) is 6.04 Å². The number of rotatable bonds is 2. The lowest BCUT2D eigenvalue weighted by Crippen LogP contribution is -2.23. The molecule has 0 saturated heterocycles. The predicted molar refractivity (Wildman–Crippen MR) is 53.8 cm³/mol. The van der Waals surface area contributed by atoms with E-state index < -0.39 is 6.10 Å². The first-order chi connectivity index (χ1) is 6.68. The summed E-state index contributed by atoms with van der Waals surface area (Å²) in [4.78, 5) is 4.12. The molecular formula is C10H13N3O. The minimum Gasteiger partial charge on any atom is -0.391 e. The Bertz CT molecular complexity index is 436. The van der Waals surface area contributed by atoms with Crippen LogP contribution in [-0.4, -0.2) is 20.6 Å². The molecule has 0 unspecified atom stereocenters. The number of aliphatic hydroxyl groups excluding tert-OH is 1. The quantitative estimate of drug-likeness (QED) is 0.735. The Morgan fingerprint density at radius 1 is 1.50 bits per heavy atom. The molecule has 74 valence electrons. The van der Waals surface area contributed by atoms with Crippen LogP contribution in [0.4, 0.5) is 0 Å². The predicted octanol–water partition coefficient (Wildman–Crippen LogP) is 0.715. The first kappa shape index (κ1) is 9.18. The fourth-order valence-electron chi connectivity index (χ4n) is 1.41. The molecule has 0 aromatic carbocycles. The van der Waals surface area contributed by atoms with Gasteiger partial charge in [0, 0.05) is 18.6 Å². The van der Waals surface area contributed by atoms with Crippen molar-refractivity contribution in [3.63, 3.8) is 0 Å². The fraction of sp³-hybridized carbons (Fsp3) is 0.300. The Morgan fingerprint density at radius 2 is 2.29 bits per heavy atom. The maximum absolute atomic E-state index is 9.35. The second kappa shape index (κ2) is 3.40. The van der Waals surface area contributed by atoms with Crippen LogP contribution in [0, 0.1) is 0 Å². The number of hydrogen-bond donors (Lipinski definition) is 2. The van der Waals surface area contributed by atoms with Crippen molar-refractivity contribution in [2.75, 3.05) is 0 Å². The molecule has 0 amide bonds. The largest absolute Gasteiger partial charge is 0.391 e. The van der Waals surface area contributed by atoms with Crippen molar-refractivity contribution in [3.8, 4) is 0 Å². The van der Waals surface area contributed by atoms with E-state index in [9.17, 15) is 5.11 Å². The smallest absolute Gasteiger partial charge is 0.136 e. The molecule has 2 aromatic heterocycles. The molecule has 0 aliphatic heterocycles. The van der Waals surface area contributed by atoms with Gasteiger partial charge in [0.2, 0.25) is 0 Å². The highest BCUT2D eigenvalue weighted by Crippen LogP contribution is 2.14. The summed E-state index contributed by atoms with van der Waals surface area (Å²) in [7, 11) is 0. The molecule has 0 radical (unpaired) electrons. The second-order valence-electron chi connectivity index (χ2n) is 3.42. The molecule has 4 heteroatoms. The molecule has 4 nitrogen and oxygen atoms in total. The van der Waals surface area contributed by atoms with Crippen molar-refractivity contribution in [3.05, 3.63) is 36.3 Å². The van der Waals surface area contributed by atoms with Gasteiger partial charge < -0.3 is 15.2 Å². The molecule has 0 spiro atoms. The van der Waals surface area contributed by atoms with Crippen LogP contribution < -0.4 is 5.73 Å². The van der Waals surface area contributed by atoms with Crippen LogP contribution in [0.2, 0.25) is 0 Å². The number of imidazole rings is 1. The van der Waals surface area contributed by atoms with Crippen LogP contribution in [0.5, 0.6) is 0 Å². The number of nitrogens with zero attached hydrogens (tertiary/aromatic N) is 2. The van der Waals surface area contributed by atoms with E-state index in [1.807, 2.05) is 28.9 Å². The highest BCUT2D eigenvalue weighted by molar-refractivity contribution is 5.40. The van der Waals surface area contributed by atoms with E-state index in [1.54, 1.807) is 13.1 Å². The molecule has 3 N–H and O–H groups in total. The first-order valence-corrected chi connectivity index (χ1v) is 4.55. The monoisotopic (exact) mass is 191 g/mol. The minimum absolute atomic E-state index is 0.346. The lowest BCUT2D eigenvalue weighted by Gasteiger charge is -2.14. The molecule has 0 saturated carbocycles. The molecular weight excluding hydrogens is 178 g/mol. The number of aromatic nitrogens is 2. The maximum Gasteiger partial charge on any atom is 0.136 e. The third kappa shape index (κ3) is 1.49. The number of pyridine rings is 1. The van der Waals surface area contributed by atoms with Crippen LogP contribution in [0.1, 0.15) is 18.5 Å². The van der Waals surface area contributed by atoms with Crippen LogP contribution >= 0.6 is 0 Å². The van der Waals surface area contributed by atoms with E-state index in [1.165, 1.54) is 0 Å². The summed E-state index contributed by atoms with van der Waals surface area (Å²) >= 11 is 0. The zero-order valence-corrected chi connectivity index (χ0v) is 7.96. The summed E-state index contributed by atoms with van der Waals surface area (Å²) in [6.07, 6.45) is 4.93. The average Bonchev–Trinajstić information content (AvgIpc) is 2.62. The molecule has 2 heterocycles. The molecule has 2 aromatic rings. The lowest BCUT2D eigenvalue weighted by molar-refractivity contribution is 0.164. The summed E-state index contributed by atoms with van der Waals surface area (Å²) in [6, 6.07) is 3.43. The third-order valence-corrected chi connectivity index (χ3v) is 2.32. The highest BCUT2D eigenvalue weighted by Gasteiger charge is 2.12. The SMILES string of the molecule is C[C@@H](O)[C@H](N)c1ccc2nccn2c1. The molecule has 2 rings (SSSR count). The number of fused-ring (bicyclic) bond motifs is 1. The van der Waals surface area contributed by atoms with Gasteiger partial charge in [-0.25, -0.2) is 4.98 Å². The zero-order valence-electron chi connectivity index (χ0n) is 7.96. The Morgan fingerprint density at radius 3 is 3.00 bits per heavy atom. The molecule has 14 heavy (non-hydrogen) atoms. The number of nitrogens with two attached hydrogens (primary N) is 1. The van der Waals surface area contributed by atoms with Gasteiger partial charge in [0.25, 0.3) is 0 Å². The average molecular weight is 191 g/mol. The van der Waals surface area contributed by atoms with Crippen LogP contribution in [0.3, 0.4) is 0 Å². The standard InChI is InChI=1S/C10H13N3O/c1-7(14)10(11)8-2-3-9-12-4-5-13(9)6-8/h2-7,10,14H,11H2,1H3/t7-,10+/m1/s1. The Balaban J connectivity index is 2.43. The minimum atomic E-state index is -0.545. The van der Waals surface area contributed by atoms with Gasteiger partial charge in [-0.2, -0.15) is 0 Å². The molecule has 0 fully saturated rings. The fourth-order valence-corrected chi connectivity index (χ4v) is 1.41. The van der Waals surface area contributed by atoms with Gasteiger partial charge in [0.1, 0.15) is 5.65 Å². The summed E-state index contributed by atoms with van der Waals surface area (Å²) in [6.45, 7) is 1.68. The maximum atomic E-state index is 9.35. The van der Waals surface area contributed by atoms with Crippen LogP contribution in [-0.2, 0) is 0 Å². The van der Waals surface area contributed by atoms with E-state index in [2.05, 4.69) is 4.98 Å².